The lowest BCUT2D eigenvalue weighted by molar-refractivity contribution is 0.213. The second-order valence-electron chi connectivity index (χ2n) is 6.29. The number of aromatic nitrogens is 3. The summed E-state index contributed by atoms with van der Waals surface area (Å²) in [4.78, 5) is 18.5. The maximum atomic E-state index is 12.5. The highest BCUT2D eigenvalue weighted by Crippen LogP contribution is 2.27. The van der Waals surface area contributed by atoms with Crippen molar-refractivity contribution >= 4 is 12.0 Å². The van der Waals surface area contributed by atoms with E-state index in [2.05, 4.69) is 46.6 Å². The first-order chi connectivity index (χ1) is 11.8. The first kappa shape index (κ1) is 16.5. The SMILES string of the molecule is CCCn1cnc(NC(=O)N2CCC[C@@H](c3ccccc3)CC2)n1. The smallest absolute Gasteiger partial charge is 0.324 e. The summed E-state index contributed by atoms with van der Waals surface area (Å²) in [6.45, 7) is 4.44. The first-order valence-corrected chi connectivity index (χ1v) is 8.76. The molecule has 2 amide bonds. The van der Waals surface area contributed by atoms with Gasteiger partial charge in [0.2, 0.25) is 5.95 Å². The number of anilines is 1. The summed E-state index contributed by atoms with van der Waals surface area (Å²) >= 11 is 0. The van der Waals surface area contributed by atoms with Crippen LogP contribution in [0.1, 0.15) is 44.1 Å². The van der Waals surface area contributed by atoms with Crippen molar-refractivity contribution in [3.63, 3.8) is 0 Å². The van der Waals surface area contributed by atoms with Crippen molar-refractivity contribution in [1.29, 1.82) is 0 Å². The second-order valence-corrected chi connectivity index (χ2v) is 6.29. The number of carbonyl (C=O) groups is 1. The third kappa shape index (κ3) is 4.13. The summed E-state index contributed by atoms with van der Waals surface area (Å²) in [6.07, 6.45) is 5.79. The average molecular weight is 327 g/mol. The molecule has 1 aliphatic heterocycles. The van der Waals surface area contributed by atoms with Crippen molar-refractivity contribution in [2.45, 2.75) is 45.1 Å². The zero-order valence-electron chi connectivity index (χ0n) is 14.2. The molecule has 24 heavy (non-hydrogen) atoms. The number of hydrogen-bond acceptors (Lipinski definition) is 3. The van der Waals surface area contributed by atoms with Crippen LogP contribution in [0.3, 0.4) is 0 Å². The van der Waals surface area contributed by atoms with E-state index in [-0.39, 0.29) is 6.03 Å². The van der Waals surface area contributed by atoms with E-state index in [1.165, 1.54) is 5.56 Å². The molecule has 6 heteroatoms. The van der Waals surface area contributed by atoms with Crippen LogP contribution < -0.4 is 5.32 Å². The Balaban J connectivity index is 1.56. The molecule has 0 unspecified atom stereocenters. The van der Waals surface area contributed by atoms with Gasteiger partial charge in [-0.15, -0.1) is 5.10 Å². The van der Waals surface area contributed by atoms with Crippen molar-refractivity contribution < 1.29 is 4.79 Å². The van der Waals surface area contributed by atoms with Crippen LogP contribution in [0.15, 0.2) is 36.7 Å². The topological polar surface area (TPSA) is 63.1 Å². The van der Waals surface area contributed by atoms with Gasteiger partial charge in [0, 0.05) is 19.6 Å². The van der Waals surface area contributed by atoms with E-state index < -0.39 is 0 Å². The first-order valence-electron chi connectivity index (χ1n) is 8.76. The minimum atomic E-state index is -0.0991. The quantitative estimate of drug-likeness (QED) is 0.935. The highest BCUT2D eigenvalue weighted by Gasteiger charge is 2.22. The lowest BCUT2D eigenvalue weighted by Gasteiger charge is -2.20. The van der Waals surface area contributed by atoms with Gasteiger partial charge in [-0.1, -0.05) is 37.3 Å². The third-order valence-corrected chi connectivity index (χ3v) is 4.49. The van der Waals surface area contributed by atoms with Crippen LogP contribution in [0.25, 0.3) is 0 Å². The lowest BCUT2D eigenvalue weighted by atomic mass is 9.92. The zero-order chi connectivity index (χ0) is 16.8. The maximum absolute atomic E-state index is 12.5. The summed E-state index contributed by atoms with van der Waals surface area (Å²) in [5.74, 6) is 0.920. The van der Waals surface area contributed by atoms with Gasteiger partial charge in [0.25, 0.3) is 0 Å². The number of nitrogens with zero attached hydrogens (tertiary/aromatic N) is 4. The number of hydrogen-bond donors (Lipinski definition) is 1. The number of benzene rings is 1. The van der Waals surface area contributed by atoms with Gasteiger partial charge in [-0.2, -0.15) is 0 Å². The summed E-state index contributed by atoms with van der Waals surface area (Å²) in [6, 6.07) is 10.5. The van der Waals surface area contributed by atoms with Crippen molar-refractivity contribution in [3.8, 4) is 0 Å². The Labute approximate surface area is 142 Å². The summed E-state index contributed by atoms with van der Waals surface area (Å²) in [5, 5.41) is 7.08. The van der Waals surface area contributed by atoms with Crippen molar-refractivity contribution in [2.24, 2.45) is 0 Å². The normalized spacial score (nSPS) is 18.2. The fourth-order valence-electron chi connectivity index (χ4n) is 3.22. The van der Waals surface area contributed by atoms with Crippen molar-refractivity contribution in [1.82, 2.24) is 19.7 Å². The molecule has 2 aromatic rings. The van der Waals surface area contributed by atoms with Gasteiger partial charge in [0.05, 0.1) is 0 Å². The second kappa shape index (κ2) is 7.95. The number of aryl methyl sites for hydroxylation is 1. The molecule has 0 saturated carbocycles. The Morgan fingerprint density at radius 2 is 2.08 bits per heavy atom. The molecule has 1 atom stereocenters. The number of carbonyl (C=O) groups excluding carboxylic acids is 1. The molecular formula is C18H25N5O. The van der Waals surface area contributed by atoms with Gasteiger partial charge in [0.15, 0.2) is 0 Å². The molecule has 1 aliphatic rings. The van der Waals surface area contributed by atoms with Crippen molar-refractivity contribution in [3.05, 3.63) is 42.2 Å². The maximum Gasteiger partial charge on any atom is 0.324 e. The third-order valence-electron chi connectivity index (χ3n) is 4.49. The van der Waals surface area contributed by atoms with Gasteiger partial charge in [0.1, 0.15) is 6.33 Å². The van der Waals surface area contributed by atoms with E-state index in [1.54, 1.807) is 11.0 Å². The Morgan fingerprint density at radius 1 is 1.25 bits per heavy atom. The molecule has 0 bridgehead atoms. The van der Waals surface area contributed by atoms with E-state index in [0.29, 0.717) is 11.9 Å². The Morgan fingerprint density at radius 3 is 2.88 bits per heavy atom. The Kier molecular flexibility index (Phi) is 5.46. The van der Waals surface area contributed by atoms with Gasteiger partial charge in [-0.25, -0.2) is 9.78 Å². The predicted octanol–water partition coefficient (Wildman–Crippen LogP) is 3.49. The summed E-state index contributed by atoms with van der Waals surface area (Å²) in [5.41, 5.74) is 1.37. The van der Waals surface area contributed by atoms with Crippen LogP contribution in [-0.4, -0.2) is 38.8 Å². The van der Waals surface area contributed by atoms with E-state index >= 15 is 0 Å². The van der Waals surface area contributed by atoms with Gasteiger partial charge in [-0.05, 0) is 37.2 Å². The summed E-state index contributed by atoms with van der Waals surface area (Å²) < 4.78 is 1.75. The molecule has 1 aromatic carbocycles. The lowest BCUT2D eigenvalue weighted by Crippen LogP contribution is -2.36. The van der Waals surface area contributed by atoms with E-state index in [9.17, 15) is 4.79 Å². The summed E-state index contributed by atoms with van der Waals surface area (Å²) in [7, 11) is 0. The van der Waals surface area contributed by atoms with Gasteiger partial charge < -0.3 is 4.90 Å². The number of urea groups is 1. The van der Waals surface area contributed by atoms with E-state index in [4.69, 9.17) is 0 Å². The molecule has 0 aliphatic carbocycles. The Bertz CT molecular complexity index is 654. The van der Waals surface area contributed by atoms with Crippen molar-refractivity contribution in [2.75, 3.05) is 18.4 Å². The number of amides is 2. The molecule has 1 saturated heterocycles. The fraction of sp³-hybridized carbons (Fsp3) is 0.500. The van der Waals surface area contributed by atoms with Gasteiger partial charge >= 0.3 is 6.03 Å². The molecule has 0 radical (unpaired) electrons. The highest BCUT2D eigenvalue weighted by atomic mass is 16.2. The van der Waals surface area contributed by atoms with Crippen LogP contribution in [0.2, 0.25) is 0 Å². The molecular weight excluding hydrogens is 302 g/mol. The van der Waals surface area contributed by atoms with Gasteiger partial charge in [-0.3, -0.25) is 10.00 Å². The molecule has 1 N–H and O–H groups in total. The van der Waals surface area contributed by atoms with E-state index in [1.807, 2.05) is 11.0 Å². The molecule has 2 heterocycles. The molecule has 1 aromatic heterocycles. The minimum absolute atomic E-state index is 0.0991. The minimum Gasteiger partial charge on any atom is -0.324 e. The predicted molar refractivity (Wildman–Crippen MR) is 93.9 cm³/mol. The van der Waals surface area contributed by atoms with Crippen LogP contribution >= 0.6 is 0 Å². The monoisotopic (exact) mass is 327 g/mol. The van der Waals surface area contributed by atoms with Crippen LogP contribution in [0.4, 0.5) is 10.7 Å². The largest absolute Gasteiger partial charge is 0.324 e. The highest BCUT2D eigenvalue weighted by molar-refractivity contribution is 5.87. The molecule has 0 spiro atoms. The fourth-order valence-corrected chi connectivity index (χ4v) is 3.22. The molecule has 1 fully saturated rings. The number of nitrogens with one attached hydrogen (secondary N) is 1. The average Bonchev–Trinajstić information content (AvgIpc) is 2.89. The van der Waals surface area contributed by atoms with E-state index in [0.717, 1.165) is 45.3 Å². The standard InChI is InChI=1S/C18H25N5O/c1-2-11-23-14-19-17(21-23)20-18(24)22-12-6-9-16(10-13-22)15-7-4-3-5-8-15/h3-5,7-8,14,16H,2,6,9-13H2,1H3,(H,20,21,24)/t16-/m1/s1. The molecule has 6 nitrogen and oxygen atoms in total. The molecule has 128 valence electrons. The number of likely N-dealkylation sites (tertiary alicyclic amines) is 1. The zero-order valence-corrected chi connectivity index (χ0v) is 14.2. The molecule has 3 rings (SSSR count). The van der Waals surface area contributed by atoms with Crippen LogP contribution in [0.5, 0.6) is 0 Å². The Hall–Kier alpha value is -2.37. The van der Waals surface area contributed by atoms with Crippen LogP contribution in [-0.2, 0) is 6.54 Å². The number of rotatable bonds is 4. The van der Waals surface area contributed by atoms with Crippen LogP contribution in [0, 0.1) is 0 Å².